The van der Waals surface area contributed by atoms with Crippen molar-refractivity contribution in [2.45, 2.75) is 46.2 Å². The van der Waals surface area contributed by atoms with E-state index < -0.39 is 0 Å². The lowest BCUT2D eigenvalue weighted by molar-refractivity contribution is 0.0974. The van der Waals surface area contributed by atoms with E-state index in [1.54, 1.807) is 10.9 Å². The van der Waals surface area contributed by atoms with E-state index in [1.807, 2.05) is 13.8 Å². The Morgan fingerprint density at radius 1 is 1.53 bits per heavy atom. The molecule has 0 aliphatic rings. The Morgan fingerprint density at radius 3 is 2.71 bits per heavy atom. The Kier molecular flexibility index (Phi) is 5.33. The lowest BCUT2D eigenvalue weighted by Crippen LogP contribution is -2.32. The third kappa shape index (κ3) is 3.64. The molecule has 1 aromatic rings. The molecule has 96 valence electrons. The molecule has 0 aliphatic carbocycles. The van der Waals surface area contributed by atoms with Gasteiger partial charge in [0, 0.05) is 12.1 Å². The van der Waals surface area contributed by atoms with Crippen LogP contribution in [0.1, 0.15) is 50.6 Å². The summed E-state index contributed by atoms with van der Waals surface area (Å²) in [5, 5.41) is 7.41. The minimum atomic E-state index is 0.0726. The molecule has 0 saturated heterocycles. The summed E-state index contributed by atoms with van der Waals surface area (Å²) < 4.78 is 2.52. The van der Waals surface area contributed by atoms with Gasteiger partial charge in [0.05, 0.1) is 17.2 Å². The van der Waals surface area contributed by atoms with Crippen molar-refractivity contribution in [1.82, 2.24) is 15.1 Å². The molecule has 1 N–H and O–H groups in total. The number of nitrogens with one attached hydrogen (secondary N) is 1. The van der Waals surface area contributed by atoms with Gasteiger partial charge in [0.1, 0.15) is 5.69 Å². The van der Waals surface area contributed by atoms with Gasteiger partial charge in [-0.1, -0.05) is 6.92 Å². The molecule has 0 spiro atoms. The molecule has 5 heteroatoms. The van der Waals surface area contributed by atoms with E-state index in [0.29, 0.717) is 18.3 Å². The van der Waals surface area contributed by atoms with E-state index in [9.17, 15) is 4.79 Å². The molecule has 1 atom stereocenters. The number of ketones is 1. The number of hydrogen-bond donors (Lipinski definition) is 1. The summed E-state index contributed by atoms with van der Waals surface area (Å²) in [6, 6.07) is 0.539. The van der Waals surface area contributed by atoms with Crippen LogP contribution in [0.4, 0.5) is 0 Å². The fourth-order valence-corrected chi connectivity index (χ4v) is 1.98. The predicted molar refractivity (Wildman–Crippen MR) is 72.4 cm³/mol. The van der Waals surface area contributed by atoms with E-state index >= 15 is 0 Å². The zero-order valence-corrected chi connectivity index (χ0v) is 12.4. The van der Waals surface area contributed by atoms with Crippen molar-refractivity contribution in [3.05, 3.63) is 16.4 Å². The predicted octanol–water partition coefficient (Wildman–Crippen LogP) is 2.80. The summed E-state index contributed by atoms with van der Waals surface area (Å²) in [5.74, 6) is 0.0726. The van der Waals surface area contributed by atoms with Gasteiger partial charge in [-0.2, -0.15) is 5.10 Å². The van der Waals surface area contributed by atoms with Gasteiger partial charge in [0.15, 0.2) is 5.78 Å². The van der Waals surface area contributed by atoms with Crippen molar-refractivity contribution < 1.29 is 4.79 Å². The minimum Gasteiger partial charge on any atom is -0.307 e. The molecule has 4 nitrogen and oxygen atoms in total. The standard InChI is InChI=1S/C12H20BrN3O/c1-5-9(4)14-7-11(17)12-10(13)6-15-16(12)8(2)3/h6,8-9,14H,5,7H2,1-4H3. The van der Waals surface area contributed by atoms with E-state index in [4.69, 9.17) is 0 Å². The van der Waals surface area contributed by atoms with Crippen LogP contribution in [0.25, 0.3) is 0 Å². The Labute approximate surface area is 111 Å². The second kappa shape index (κ2) is 6.31. The van der Waals surface area contributed by atoms with Gasteiger partial charge in [-0.3, -0.25) is 9.48 Å². The second-order valence-corrected chi connectivity index (χ2v) is 5.35. The van der Waals surface area contributed by atoms with Crippen molar-refractivity contribution >= 4 is 21.7 Å². The SMILES string of the molecule is CCC(C)NCC(=O)c1c(Br)cnn1C(C)C. The number of aromatic nitrogens is 2. The van der Waals surface area contributed by atoms with Crippen LogP contribution in [0.2, 0.25) is 0 Å². The fourth-order valence-electron chi connectivity index (χ4n) is 1.49. The monoisotopic (exact) mass is 301 g/mol. The number of rotatable bonds is 6. The van der Waals surface area contributed by atoms with E-state index in [1.165, 1.54) is 0 Å². The number of hydrogen-bond acceptors (Lipinski definition) is 3. The molecule has 0 aliphatic heterocycles. The molecule has 1 rings (SSSR count). The van der Waals surface area contributed by atoms with Crippen LogP contribution in [-0.4, -0.2) is 28.2 Å². The molecule has 0 saturated carbocycles. The van der Waals surface area contributed by atoms with Crippen molar-refractivity contribution in [1.29, 1.82) is 0 Å². The van der Waals surface area contributed by atoms with Crippen LogP contribution < -0.4 is 5.32 Å². The fraction of sp³-hybridized carbons (Fsp3) is 0.667. The summed E-state index contributed by atoms with van der Waals surface area (Å²) in [7, 11) is 0. The first kappa shape index (κ1) is 14.4. The molecule has 0 bridgehead atoms. The smallest absolute Gasteiger partial charge is 0.195 e. The summed E-state index contributed by atoms with van der Waals surface area (Å²) in [4.78, 5) is 12.1. The van der Waals surface area contributed by atoms with Gasteiger partial charge >= 0.3 is 0 Å². The van der Waals surface area contributed by atoms with Crippen molar-refractivity contribution in [2.75, 3.05) is 6.54 Å². The minimum absolute atomic E-state index is 0.0726. The maximum Gasteiger partial charge on any atom is 0.195 e. The molecule has 17 heavy (non-hydrogen) atoms. The van der Waals surface area contributed by atoms with Crippen LogP contribution in [0.15, 0.2) is 10.7 Å². The number of nitrogens with zero attached hydrogens (tertiary/aromatic N) is 2. The van der Waals surface area contributed by atoms with Gasteiger partial charge < -0.3 is 5.32 Å². The largest absolute Gasteiger partial charge is 0.307 e. The quantitative estimate of drug-likeness (QED) is 0.822. The van der Waals surface area contributed by atoms with Crippen LogP contribution in [0, 0.1) is 0 Å². The molecule has 0 amide bonds. The van der Waals surface area contributed by atoms with Crippen LogP contribution >= 0.6 is 15.9 Å². The van der Waals surface area contributed by atoms with Crippen molar-refractivity contribution in [3.8, 4) is 0 Å². The lowest BCUT2D eigenvalue weighted by atomic mass is 10.2. The highest BCUT2D eigenvalue weighted by atomic mass is 79.9. The maximum atomic E-state index is 12.1. The summed E-state index contributed by atoms with van der Waals surface area (Å²) >= 11 is 3.38. The van der Waals surface area contributed by atoms with E-state index in [-0.39, 0.29) is 11.8 Å². The van der Waals surface area contributed by atoms with E-state index in [2.05, 4.69) is 40.2 Å². The van der Waals surface area contributed by atoms with Gasteiger partial charge in [-0.15, -0.1) is 0 Å². The first-order valence-corrected chi connectivity index (χ1v) is 6.76. The van der Waals surface area contributed by atoms with Crippen LogP contribution in [-0.2, 0) is 0 Å². The van der Waals surface area contributed by atoms with Gasteiger partial charge in [0.25, 0.3) is 0 Å². The third-order valence-electron chi connectivity index (χ3n) is 2.73. The Bertz CT molecular complexity index is 387. The first-order valence-electron chi connectivity index (χ1n) is 5.96. The van der Waals surface area contributed by atoms with Crippen molar-refractivity contribution in [3.63, 3.8) is 0 Å². The Hall–Kier alpha value is -0.680. The number of carbonyl (C=O) groups is 1. The lowest BCUT2D eigenvalue weighted by Gasteiger charge is -2.13. The van der Waals surface area contributed by atoms with Crippen LogP contribution in [0.3, 0.4) is 0 Å². The highest BCUT2D eigenvalue weighted by molar-refractivity contribution is 9.10. The molecule has 0 fully saturated rings. The highest BCUT2D eigenvalue weighted by Crippen LogP contribution is 2.19. The number of halogens is 1. The van der Waals surface area contributed by atoms with E-state index in [0.717, 1.165) is 10.9 Å². The number of carbonyl (C=O) groups excluding carboxylic acids is 1. The molecule has 1 heterocycles. The van der Waals surface area contributed by atoms with Gasteiger partial charge in [-0.25, -0.2) is 0 Å². The molecule has 0 aromatic carbocycles. The topological polar surface area (TPSA) is 46.9 Å². The molecule has 1 aromatic heterocycles. The van der Waals surface area contributed by atoms with Gasteiger partial charge in [0.2, 0.25) is 0 Å². The molecular formula is C12H20BrN3O. The Morgan fingerprint density at radius 2 is 2.18 bits per heavy atom. The average molecular weight is 302 g/mol. The normalized spacial score (nSPS) is 13.1. The molecule has 1 unspecified atom stereocenters. The Balaban J connectivity index is 2.78. The first-order chi connectivity index (χ1) is 7.97. The summed E-state index contributed by atoms with van der Waals surface area (Å²) in [6.07, 6.45) is 2.69. The summed E-state index contributed by atoms with van der Waals surface area (Å²) in [6.45, 7) is 8.54. The van der Waals surface area contributed by atoms with Gasteiger partial charge in [-0.05, 0) is 43.1 Å². The van der Waals surface area contributed by atoms with Crippen molar-refractivity contribution in [2.24, 2.45) is 0 Å². The summed E-state index contributed by atoms with van der Waals surface area (Å²) in [5.41, 5.74) is 0.649. The number of Topliss-reactive ketones (excluding diaryl/α,β-unsaturated/α-hetero) is 1. The molecular weight excluding hydrogens is 282 g/mol. The van der Waals surface area contributed by atoms with Crippen LogP contribution in [0.5, 0.6) is 0 Å². The third-order valence-corrected chi connectivity index (χ3v) is 3.31. The maximum absolute atomic E-state index is 12.1. The highest BCUT2D eigenvalue weighted by Gasteiger charge is 2.18. The average Bonchev–Trinajstić information content (AvgIpc) is 2.67. The zero-order valence-electron chi connectivity index (χ0n) is 10.8. The second-order valence-electron chi connectivity index (χ2n) is 4.49. The zero-order chi connectivity index (χ0) is 13.0. The molecule has 0 radical (unpaired) electrons.